The fourth-order valence-electron chi connectivity index (χ4n) is 11.1. The minimum atomic E-state index is -0.773. The molecule has 0 N–H and O–H groups in total. The van der Waals surface area contributed by atoms with E-state index in [4.69, 9.17) is 14.2 Å². The van der Waals surface area contributed by atoms with Crippen molar-refractivity contribution in [1.82, 2.24) is 0 Å². The highest BCUT2D eigenvalue weighted by molar-refractivity contribution is 5.71. The first-order valence-electron chi connectivity index (χ1n) is 36.8. The number of carbonyl (C=O) groups is 3. The van der Waals surface area contributed by atoms with Crippen LogP contribution in [0, 0.1) is 0 Å². The summed E-state index contributed by atoms with van der Waals surface area (Å²) in [6, 6.07) is 0. The summed E-state index contributed by atoms with van der Waals surface area (Å²) in [7, 11) is 0. The van der Waals surface area contributed by atoms with Crippen LogP contribution >= 0.6 is 0 Å². The lowest BCUT2D eigenvalue weighted by atomic mass is 10.0. The average Bonchev–Trinajstić information content (AvgIpc) is 3.49. The molecule has 6 nitrogen and oxygen atoms in total. The lowest BCUT2D eigenvalue weighted by molar-refractivity contribution is -0.167. The highest BCUT2D eigenvalue weighted by atomic mass is 16.6. The van der Waals surface area contributed by atoms with E-state index in [1.807, 2.05) is 0 Å². The first-order valence-corrected chi connectivity index (χ1v) is 36.8. The molecule has 0 bridgehead atoms. The van der Waals surface area contributed by atoms with Crippen molar-refractivity contribution in [2.45, 2.75) is 399 Å². The number of hydrogen-bond acceptors (Lipinski definition) is 6. The van der Waals surface area contributed by atoms with Crippen molar-refractivity contribution in [1.29, 1.82) is 0 Å². The molecule has 0 aliphatic carbocycles. The van der Waals surface area contributed by atoms with Crippen LogP contribution in [0.15, 0.2) is 60.8 Å². The summed E-state index contributed by atoms with van der Waals surface area (Å²) in [6.07, 6.45) is 92.5. The van der Waals surface area contributed by atoms with Crippen molar-refractivity contribution in [3.63, 3.8) is 0 Å². The molecule has 0 saturated heterocycles. The van der Waals surface area contributed by atoms with E-state index in [1.165, 1.54) is 263 Å². The Morgan fingerprint density at radius 2 is 0.470 bits per heavy atom. The Morgan fingerprint density at radius 1 is 0.253 bits per heavy atom. The van der Waals surface area contributed by atoms with E-state index in [2.05, 4.69) is 81.5 Å². The molecule has 484 valence electrons. The molecule has 0 spiro atoms. The largest absolute Gasteiger partial charge is 0.462 e. The quantitative estimate of drug-likeness (QED) is 0.0261. The Labute approximate surface area is 517 Å². The summed E-state index contributed by atoms with van der Waals surface area (Å²) >= 11 is 0. The Morgan fingerprint density at radius 3 is 0.735 bits per heavy atom. The molecule has 0 rings (SSSR count). The second-order valence-corrected chi connectivity index (χ2v) is 24.8. The number of unbranched alkanes of at least 4 members (excludes halogenated alkanes) is 47. The minimum absolute atomic E-state index is 0.0682. The van der Waals surface area contributed by atoms with Crippen LogP contribution in [-0.4, -0.2) is 37.2 Å². The van der Waals surface area contributed by atoms with Gasteiger partial charge in [0.25, 0.3) is 0 Å². The molecule has 1 atom stereocenters. The van der Waals surface area contributed by atoms with E-state index in [9.17, 15) is 14.4 Å². The lowest BCUT2D eigenvalue weighted by Gasteiger charge is -2.18. The van der Waals surface area contributed by atoms with Gasteiger partial charge < -0.3 is 14.2 Å². The maximum atomic E-state index is 13.0. The molecular weight excluding hydrogens is 1020 g/mol. The third-order valence-electron chi connectivity index (χ3n) is 16.5. The van der Waals surface area contributed by atoms with Gasteiger partial charge in [-0.15, -0.1) is 0 Å². The van der Waals surface area contributed by atoms with Gasteiger partial charge in [0, 0.05) is 19.3 Å². The van der Waals surface area contributed by atoms with Crippen molar-refractivity contribution in [3.8, 4) is 0 Å². The first kappa shape index (κ1) is 80.1. The summed E-state index contributed by atoms with van der Waals surface area (Å²) in [5.74, 6) is -0.840. The van der Waals surface area contributed by atoms with Crippen LogP contribution < -0.4 is 0 Å². The molecule has 0 amide bonds. The molecule has 1 unspecified atom stereocenters. The van der Waals surface area contributed by atoms with Crippen molar-refractivity contribution >= 4 is 17.9 Å². The topological polar surface area (TPSA) is 78.9 Å². The standard InChI is InChI=1S/C77H140O6/c1-4-7-10-13-16-19-22-25-28-31-33-35-36-37-38-39-40-42-43-46-49-52-55-58-61-64-67-70-76(79)82-73-74(72-81-75(78)69-66-63-60-57-54-51-48-45-30-27-24-21-18-15-12-9-6-3)83-77(80)71-68-65-62-59-56-53-50-47-44-41-34-32-29-26-23-20-17-14-11-8-5-2/h7,10,16,19,25,28,33,35,37-38,74H,4-6,8-9,11-15,17-18,20-24,26-27,29-32,34,36,39-73H2,1-3H3/b10-7-,19-16-,28-25-,35-33-,38-37-. The predicted molar refractivity (Wildman–Crippen MR) is 362 cm³/mol. The lowest BCUT2D eigenvalue weighted by Crippen LogP contribution is -2.30. The molecule has 6 heteroatoms. The van der Waals surface area contributed by atoms with Gasteiger partial charge in [-0.1, -0.05) is 370 Å². The molecule has 0 aromatic heterocycles. The molecule has 0 aliphatic heterocycles. The third-order valence-corrected chi connectivity index (χ3v) is 16.5. The van der Waals surface area contributed by atoms with Crippen LogP contribution in [0.25, 0.3) is 0 Å². The molecule has 83 heavy (non-hydrogen) atoms. The molecule has 0 heterocycles. The maximum absolute atomic E-state index is 13.0. The number of hydrogen-bond donors (Lipinski definition) is 0. The SMILES string of the molecule is CC/C=C\C/C=C\C/C=C\C/C=C\C/C=C\CCCCCCCCCCCCCC(=O)OCC(COC(=O)CCCCCCCCCCCCCCCCCCC)OC(=O)CCCCCCCCCCCCCCCCCCCCCCC. The summed E-state index contributed by atoms with van der Waals surface area (Å²) in [6.45, 7) is 6.61. The Kier molecular flexibility index (Phi) is 69.1. The fourth-order valence-corrected chi connectivity index (χ4v) is 11.1. The second kappa shape index (κ2) is 71.6. The minimum Gasteiger partial charge on any atom is -0.462 e. The zero-order valence-corrected chi connectivity index (χ0v) is 55.7. The van der Waals surface area contributed by atoms with Crippen LogP contribution in [-0.2, 0) is 28.6 Å². The molecule has 0 aromatic rings. The second-order valence-electron chi connectivity index (χ2n) is 24.8. The van der Waals surface area contributed by atoms with Crippen LogP contribution in [0.4, 0.5) is 0 Å². The highest BCUT2D eigenvalue weighted by Crippen LogP contribution is 2.19. The van der Waals surface area contributed by atoms with E-state index in [0.29, 0.717) is 19.3 Å². The van der Waals surface area contributed by atoms with Crippen molar-refractivity contribution < 1.29 is 28.6 Å². The normalized spacial score (nSPS) is 12.4. The van der Waals surface area contributed by atoms with Crippen LogP contribution in [0.2, 0.25) is 0 Å². The van der Waals surface area contributed by atoms with E-state index in [1.54, 1.807) is 0 Å². The summed E-state index contributed by atoms with van der Waals surface area (Å²) in [4.78, 5) is 38.5. The van der Waals surface area contributed by atoms with Gasteiger partial charge >= 0.3 is 17.9 Å². The molecule has 0 fully saturated rings. The predicted octanol–water partition coefficient (Wildman–Crippen LogP) is 25.5. The van der Waals surface area contributed by atoms with E-state index in [-0.39, 0.29) is 31.1 Å². The number of allylic oxidation sites excluding steroid dienone is 10. The van der Waals surface area contributed by atoms with Gasteiger partial charge in [0.05, 0.1) is 0 Å². The summed E-state index contributed by atoms with van der Waals surface area (Å²) in [5.41, 5.74) is 0. The Balaban J connectivity index is 4.29. The average molecular weight is 1160 g/mol. The van der Waals surface area contributed by atoms with Crippen LogP contribution in [0.1, 0.15) is 393 Å². The number of esters is 3. The Hall–Kier alpha value is -2.89. The van der Waals surface area contributed by atoms with Gasteiger partial charge in [-0.25, -0.2) is 0 Å². The van der Waals surface area contributed by atoms with Gasteiger partial charge in [0.1, 0.15) is 13.2 Å². The van der Waals surface area contributed by atoms with E-state index >= 15 is 0 Å². The van der Waals surface area contributed by atoms with Crippen LogP contribution in [0.3, 0.4) is 0 Å². The number of rotatable bonds is 68. The van der Waals surface area contributed by atoms with E-state index < -0.39 is 6.10 Å². The van der Waals surface area contributed by atoms with Crippen molar-refractivity contribution in [2.24, 2.45) is 0 Å². The molecule has 0 saturated carbocycles. The molecule has 0 radical (unpaired) electrons. The number of carbonyl (C=O) groups excluding carboxylic acids is 3. The summed E-state index contributed by atoms with van der Waals surface area (Å²) < 4.78 is 17.0. The van der Waals surface area contributed by atoms with Crippen molar-refractivity contribution in [3.05, 3.63) is 60.8 Å². The zero-order valence-electron chi connectivity index (χ0n) is 55.7. The smallest absolute Gasteiger partial charge is 0.306 e. The van der Waals surface area contributed by atoms with Gasteiger partial charge in [-0.3, -0.25) is 14.4 Å². The fraction of sp³-hybridized carbons (Fsp3) is 0.831. The third kappa shape index (κ3) is 69.8. The summed E-state index contributed by atoms with van der Waals surface area (Å²) in [5, 5.41) is 0. The van der Waals surface area contributed by atoms with E-state index in [0.717, 1.165) is 89.9 Å². The van der Waals surface area contributed by atoms with Gasteiger partial charge in [-0.2, -0.15) is 0 Å². The molecule has 0 aromatic carbocycles. The van der Waals surface area contributed by atoms with Gasteiger partial charge in [-0.05, 0) is 64.2 Å². The van der Waals surface area contributed by atoms with Crippen LogP contribution in [0.5, 0.6) is 0 Å². The molecular formula is C77H140O6. The van der Waals surface area contributed by atoms with Crippen molar-refractivity contribution in [2.75, 3.05) is 13.2 Å². The maximum Gasteiger partial charge on any atom is 0.306 e. The first-order chi connectivity index (χ1) is 41.0. The van der Waals surface area contributed by atoms with Gasteiger partial charge in [0.15, 0.2) is 6.10 Å². The number of ether oxygens (including phenoxy) is 3. The zero-order chi connectivity index (χ0) is 59.9. The Bertz CT molecular complexity index is 1470. The monoisotopic (exact) mass is 1160 g/mol. The highest BCUT2D eigenvalue weighted by Gasteiger charge is 2.19. The van der Waals surface area contributed by atoms with Gasteiger partial charge in [0.2, 0.25) is 0 Å². The molecule has 0 aliphatic rings.